The zero-order chi connectivity index (χ0) is 32.8. The van der Waals surface area contributed by atoms with Gasteiger partial charge in [-0.1, -0.05) is 31.5 Å². The normalized spacial score (nSPS) is 19.9. The van der Waals surface area contributed by atoms with Gasteiger partial charge >= 0.3 is 18.2 Å². The molecule has 2 aromatic carbocycles. The summed E-state index contributed by atoms with van der Waals surface area (Å²) < 4.78 is 66.4. The van der Waals surface area contributed by atoms with E-state index < -0.39 is 47.3 Å². The monoisotopic (exact) mass is 627 g/mol. The molecule has 1 aliphatic carbocycles. The van der Waals surface area contributed by atoms with Crippen molar-refractivity contribution in [1.29, 1.82) is 0 Å². The zero-order valence-electron chi connectivity index (χ0n) is 25.5. The maximum Gasteiger partial charge on any atom is 0.416 e. The Morgan fingerprint density at radius 3 is 2.58 bits per heavy atom. The summed E-state index contributed by atoms with van der Waals surface area (Å²) in [7, 11) is 1.47. The highest BCUT2D eigenvalue weighted by atomic mass is 19.4. The predicted molar refractivity (Wildman–Crippen MR) is 157 cm³/mol. The Morgan fingerprint density at radius 2 is 1.93 bits per heavy atom. The Bertz CT molecular complexity index is 1700. The van der Waals surface area contributed by atoms with E-state index in [1.54, 1.807) is 19.9 Å². The lowest BCUT2D eigenvalue weighted by Crippen LogP contribution is -2.35. The topological polar surface area (TPSA) is 102 Å². The summed E-state index contributed by atoms with van der Waals surface area (Å²) in [5.41, 5.74) is 1.71. The number of ether oxygens (including phenoxy) is 2. The molecule has 2 heterocycles. The fraction of sp³-hybridized carbons (Fsp3) is 0.394. The minimum absolute atomic E-state index is 0.123. The molecule has 1 N–H and O–H groups in total. The first-order valence-corrected chi connectivity index (χ1v) is 14.4. The van der Waals surface area contributed by atoms with Gasteiger partial charge in [0.1, 0.15) is 17.6 Å². The summed E-state index contributed by atoms with van der Waals surface area (Å²) in [5, 5.41) is 9.20. The van der Waals surface area contributed by atoms with Crippen molar-refractivity contribution in [2.75, 3.05) is 13.7 Å². The van der Waals surface area contributed by atoms with E-state index >= 15 is 0 Å². The minimum Gasteiger partial charge on any atom is -0.493 e. The van der Waals surface area contributed by atoms with Crippen LogP contribution in [0.3, 0.4) is 0 Å². The third kappa shape index (κ3) is 6.50. The van der Waals surface area contributed by atoms with Crippen molar-refractivity contribution in [2.24, 2.45) is 5.41 Å². The fourth-order valence-corrected chi connectivity index (χ4v) is 6.06. The van der Waals surface area contributed by atoms with Gasteiger partial charge in [-0.2, -0.15) is 13.2 Å². The average Bonchev–Trinajstić information content (AvgIpc) is 3.24. The molecule has 0 saturated carbocycles. The Balaban J connectivity index is 1.53. The molecule has 0 spiro atoms. The number of carbonyl (C=O) groups is 2. The largest absolute Gasteiger partial charge is 0.493 e. The number of rotatable bonds is 7. The van der Waals surface area contributed by atoms with Gasteiger partial charge < -0.3 is 14.6 Å². The number of carbonyl (C=O) groups excluding carboxylic acids is 1. The molecule has 5 rings (SSSR count). The lowest BCUT2D eigenvalue weighted by molar-refractivity contribution is -0.137. The van der Waals surface area contributed by atoms with Crippen LogP contribution in [0.1, 0.15) is 78.9 Å². The van der Waals surface area contributed by atoms with Crippen molar-refractivity contribution in [3.63, 3.8) is 0 Å². The predicted octanol–water partition coefficient (Wildman–Crippen LogP) is 7.86. The summed E-state index contributed by atoms with van der Waals surface area (Å²) in [6.07, 6.45) is -2.65. The number of benzene rings is 2. The second-order valence-electron chi connectivity index (χ2n) is 12.3. The maximum atomic E-state index is 14.5. The van der Waals surface area contributed by atoms with E-state index in [1.807, 2.05) is 0 Å². The molecule has 8 nitrogen and oxygen atoms in total. The number of halogens is 4. The molecule has 45 heavy (non-hydrogen) atoms. The molecular weight excluding hydrogens is 594 g/mol. The molecular formula is C33H33F4N3O5. The third-order valence-corrected chi connectivity index (χ3v) is 8.40. The van der Waals surface area contributed by atoms with Gasteiger partial charge in [-0.15, -0.1) is 0 Å². The number of allylic oxidation sites excluding steroid dienone is 1. The SMILES string of the molecule is COc1cnc(-c2ccc(C(=O)O)c(F)c2)nc1C1=C(CN2C(=O)O[C@H](c3cc(C)cc(C(F)(F)F)c3)[C@@H]2C)CC(C)(C)CC1. The van der Waals surface area contributed by atoms with Crippen molar-refractivity contribution in [1.82, 2.24) is 14.9 Å². The highest BCUT2D eigenvalue weighted by Crippen LogP contribution is 2.46. The van der Waals surface area contributed by atoms with Gasteiger partial charge in [0.25, 0.3) is 0 Å². The molecule has 0 bridgehead atoms. The number of methoxy groups -OCH3 is 1. The zero-order valence-corrected chi connectivity index (χ0v) is 25.5. The fourth-order valence-electron chi connectivity index (χ4n) is 6.06. The number of hydrogen-bond acceptors (Lipinski definition) is 6. The number of amides is 1. The van der Waals surface area contributed by atoms with Gasteiger partial charge in [-0.25, -0.2) is 23.9 Å². The van der Waals surface area contributed by atoms with Gasteiger partial charge in [-0.05, 0) is 79.5 Å². The highest BCUT2D eigenvalue weighted by Gasteiger charge is 2.42. The molecule has 1 saturated heterocycles. The van der Waals surface area contributed by atoms with Crippen LogP contribution in [0.15, 0.2) is 48.2 Å². The van der Waals surface area contributed by atoms with Crippen LogP contribution in [-0.2, 0) is 10.9 Å². The molecule has 238 valence electrons. The second-order valence-corrected chi connectivity index (χ2v) is 12.3. The van der Waals surface area contributed by atoms with Crippen LogP contribution in [0.4, 0.5) is 22.4 Å². The third-order valence-electron chi connectivity index (χ3n) is 8.40. The first kappa shape index (κ1) is 31.9. The van der Waals surface area contributed by atoms with Crippen molar-refractivity contribution in [3.05, 3.63) is 81.9 Å². The van der Waals surface area contributed by atoms with Crippen LogP contribution >= 0.6 is 0 Å². The molecule has 2 aliphatic rings. The number of hydrogen-bond donors (Lipinski definition) is 1. The van der Waals surface area contributed by atoms with E-state index in [4.69, 9.17) is 14.5 Å². The van der Waals surface area contributed by atoms with E-state index in [2.05, 4.69) is 18.8 Å². The average molecular weight is 628 g/mol. The molecule has 1 aromatic heterocycles. The first-order valence-electron chi connectivity index (χ1n) is 14.4. The lowest BCUT2D eigenvalue weighted by Gasteiger charge is -2.35. The Morgan fingerprint density at radius 1 is 1.20 bits per heavy atom. The summed E-state index contributed by atoms with van der Waals surface area (Å²) in [6, 6.07) is 6.75. The number of nitrogens with zero attached hydrogens (tertiary/aromatic N) is 3. The number of aryl methyl sites for hydroxylation is 1. The summed E-state index contributed by atoms with van der Waals surface area (Å²) in [5.74, 6) is -1.79. The van der Waals surface area contributed by atoms with Crippen LogP contribution in [0.25, 0.3) is 17.0 Å². The number of carboxylic acids is 1. The van der Waals surface area contributed by atoms with Crippen LogP contribution in [0.2, 0.25) is 0 Å². The van der Waals surface area contributed by atoms with Crippen molar-refractivity contribution < 1.29 is 41.7 Å². The number of aromatic carboxylic acids is 1. The van der Waals surface area contributed by atoms with Gasteiger partial charge in [0.05, 0.1) is 30.5 Å². The molecule has 1 fully saturated rings. The number of alkyl halides is 3. The van der Waals surface area contributed by atoms with Crippen LogP contribution in [-0.4, -0.2) is 51.7 Å². The summed E-state index contributed by atoms with van der Waals surface area (Å²) in [4.78, 5) is 35.0. The molecule has 3 aromatic rings. The minimum atomic E-state index is -4.54. The standard InChI is InChI=1S/C33H33F4N3O5/c1-17-10-20(12-22(11-17)33(35,36)37)28-18(2)40(31(43)45-28)16-21-14-32(3,4)9-8-23(21)27-26(44-5)15-38-29(39-27)19-6-7-24(30(41)42)25(34)13-19/h6-7,10-13,15,18,28H,8-9,14,16H2,1-5H3,(H,41,42)/t18-,28-/m0/s1. The Hall–Kier alpha value is -4.48. The Kier molecular flexibility index (Phi) is 8.37. The van der Waals surface area contributed by atoms with Gasteiger partial charge in [0.2, 0.25) is 0 Å². The van der Waals surface area contributed by atoms with E-state index in [0.717, 1.165) is 41.8 Å². The molecule has 1 aliphatic heterocycles. The van der Waals surface area contributed by atoms with Gasteiger partial charge in [0, 0.05) is 12.1 Å². The van der Waals surface area contributed by atoms with Crippen LogP contribution in [0, 0.1) is 18.2 Å². The van der Waals surface area contributed by atoms with Crippen molar-refractivity contribution in [3.8, 4) is 17.1 Å². The second kappa shape index (κ2) is 11.8. The number of carboxylic acid groups (broad SMARTS) is 1. The molecule has 1 amide bonds. The summed E-state index contributed by atoms with van der Waals surface area (Å²) >= 11 is 0. The first-order chi connectivity index (χ1) is 21.1. The van der Waals surface area contributed by atoms with E-state index in [9.17, 15) is 32.3 Å². The number of aromatic nitrogens is 2. The smallest absolute Gasteiger partial charge is 0.416 e. The molecule has 2 atom stereocenters. The van der Waals surface area contributed by atoms with E-state index in [-0.39, 0.29) is 28.9 Å². The van der Waals surface area contributed by atoms with Gasteiger partial charge in [-0.3, -0.25) is 4.90 Å². The molecule has 0 radical (unpaired) electrons. The van der Waals surface area contributed by atoms with E-state index in [0.29, 0.717) is 29.8 Å². The maximum absolute atomic E-state index is 14.5. The summed E-state index contributed by atoms with van der Waals surface area (Å²) in [6.45, 7) is 7.69. The molecule has 0 unspecified atom stereocenters. The van der Waals surface area contributed by atoms with Crippen molar-refractivity contribution >= 4 is 17.6 Å². The van der Waals surface area contributed by atoms with Crippen LogP contribution < -0.4 is 4.74 Å². The van der Waals surface area contributed by atoms with Crippen molar-refractivity contribution in [2.45, 2.75) is 65.3 Å². The highest BCUT2D eigenvalue weighted by molar-refractivity contribution is 5.88. The lowest BCUT2D eigenvalue weighted by atomic mass is 9.73. The quantitative estimate of drug-likeness (QED) is 0.266. The van der Waals surface area contributed by atoms with Crippen LogP contribution in [0.5, 0.6) is 5.75 Å². The molecule has 12 heteroatoms. The Labute approximate surface area is 257 Å². The van der Waals surface area contributed by atoms with Gasteiger partial charge in [0.15, 0.2) is 11.6 Å². The number of cyclic esters (lactones) is 1. The van der Waals surface area contributed by atoms with E-state index in [1.165, 1.54) is 24.3 Å².